The Morgan fingerprint density at radius 1 is 1.57 bits per heavy atom. The molecule has 0 fully saturated rings. The average Bonchev–Trinajstić information content (AvgIpc) is 2.05. The minimum absolute atomic E-state index is 0.0427. The fraction of sp³-hybridized carbons (Fsp3) is 0.545. The molecule has 0 spiro atoms. The van der Waals surface area contributed by atoms with Gasteiger partial charge in [0, 0.05) is 24.2 Å². The Morgan fingerprint density at radius 3 is 3.00 bits per heavy atom. The number of aryl methyl sites for hydroxylation is 1. The van der Waals surface area contributed by atoms with Gasteiger partial charge in [0.2, 0.25) is 5.88 Å². The summed E-state index contributed by atoms with van der Waals surface area (Å²) >= 11 is 0. The summed E-state index contributed by atoms with van der Waals surface area (Å²) in [5.74, 6) is 0.694. The molecular weight excluding hydrogens is 176 g/mol. The monoisotopic (exact) mass is 192 g/mol. The second kappa shape index (κ2) is 2.95. The number of ether oxygens (including phenoxy) is 1. The molecule has 0 bridgehead atoms. The van der Waals surface area contributed by atoms with Crippen LogP contribution in [-0.4, -0.2) is 10.6 Å². The van der Waals surface area contributed by atoms with E-state index in [9.17, 15) is 0 Å². The summed E-state index contributed by atoms with van der Waals surface area (Å²) in [6.07, 6.45) is 2.65. The van der Waals surface area contributed by atoms with E-state index in [4.69, 9.17) is 10.5 Å². The molecule has 1 aliphatic rings. The summed E-state index contributed by atoms with van der Waals surface area (Å²) in [6, 6.07) is 2.10. The minimum Gasteiger partial charge on any atom is -0.471 e. The Labute approximate surface area is 84.3 Å². The first-order valence-electron chi connectivity index (χ1n) is 4.89. The second-order valence-electron chi connectivity index (χ2n) is 4.58. The quantitative estimate of drug-likeness (QED) is 0.683. The smallest absolute Gasteiger partial charge is 0.218 e. The van der Waals surface area contributed by atoms with Crippen molar-refractivity contribution in [3.05, 3.63) is 23.4 Å². The van der Waals surface area contributed by atoms with Crippen LogP contribution in [0.4, 0.5) is 0 Å². The lowest BCUT2D eigenvalue weighted by Gasteiger charge is -2.35. The number of pyridine rings is 1. The zero-order valence-corrected chi connectivity index (χ0v) is 8.87. The van der Waals surface area contributed by atoms with Crippen LogP contribution in [-0.2, 0) is 0 Å². The van der Waals surface area contributed by atoms with Crippen molar-refractivity contribution in [3.8, 4) is 5.88 Å². The summed E-state index contributed by atoms with van der Waals surface area (Å²) in [5, 5.41) is 0. The Hall–Kier alpha value is -1.09. The molecule has 76 valence electrons. The third kappa shape index (κ3) is 1.60. The topological polar surface area (TPSA) is 48.1 Å². The molecule has 2 N–H and O–H groups in total. The molecule has 0 amide bonds. The molecule has 1 aromatic rings. The Bertz CT molecular complexity index is 360. The molecule has 0 saturated carbocycles. The van der Waals surface area contributed by atoms with Crippen LogP contribution in [0, 0.1) is 6.92 Å². The fourth-order valence-corrected chi connectivity index (χ4v) is 1.87. The third-order valence-corrected chi connectivity index (χ3v) is 2.50. The van der Waals surface area contributed by atoms with Gasteiger partial charge in [0.25, 0.3) is 0 Å². The second-order valence-corrected chi connectivity index (χ2v) is 4.58. The molecule has 1 aliphatic heterocycles. The van der Waals surface area contributed by atoms with E-state index in [2.05, 4.69) is 11.1 Å². The van der Waals surface area contributed by atoms with Gasteiger partial charge in [0.15, 0.2) is 0 Å². The first-order valence-corrected chi connectivity index (χ1v) is 4.89. The highest BCUT2D eigenvalue weighted by molar-refractivity contribution is 5.34. The lowest BCUT2D eigenvalue weighted by molar-refractivity contribution is 0.0666. The standard InChI is InChI=1S/C11H16N2O/c1-7-4-8-9(12)5-11(2,3)14-10(8)13-6-7/h4,6,9H,5,12H2,1-3H3. The normalized spacial score (nSPS) is 23.9. The van der Waals surface area contributed by atoms with Gasteiger partial charge in [0.1, 0.15) is 5.60 Å². The van der Waals surface area contributed by atoms with E-state index in [1.165, 1.54) is 0 Å². The number of nitrogens with zero attached hydrogens (tertiary/aromatic N) is 1. The van der Waals surface area contributed by atoms with Crippen LogP contribution in [0.1, 0.15) is 37.4 Å². The van der Waals surface area contributed by atoms with Crippen LogP contribution in [0.5, 0.6) is 5.88 Å². The van der Waals surface area contributed by atoms with Crippen molar-refractivity contribution in [2.24, 2.45) is 5.73 Å². The van der Waals surface area contributed by atoms with Crippen molar-refractivity contribution in [2.45, 2.75) is 38.8 Å². The van der Waals surface area contributed by atoms with Crippen molar-refractivity contribution in [3.63, 3.8) is 0 Å². The SMILES string of the molecule is Cc1cnc2c(c1)C(N)CC(C)(C)O2. The zero-order valence-electron chi connectivity index (χ0n) is 8.87. The van der Waals surface area contributed by atoms with Gasteiger partial charge in [-0.3, -0.25) is 0 Å². The van der Waals surface area contributed by atoms with Crippen LogP contribution < -0.4 is 10.5 Å². The van der Waals surface area contributed by atoms with Gasteiger partial charge in [-0.15, -0.1) is 0 Å². The highest BCUT2D eigenvalue weighted by Crippen LogP contribution is 2.36. The summed E-state index contributed by atoms with van der Waals surface area (Å²) in [4.78, 5) is 4.26. The molecule has 0 radical (unpaired) electrons. The zero-order chi connectivity index (χ0) is 10.3. The van der Waals surface area contributed by atoms with Gasteiger partial charge >= 0.3 is 0 Å². The van der Waals surface area contributed by atoms with Gasteiger partial charge in [-0.05, 0) is 32.4 Å². The van der Waals surface area contributed by atoms with Crippen LogP contribution in [0.15, 0.2) is 12.3 Å². The number of aromatic nitrogens is 1. The van der Waals surface area contributed by atoms with Crippen molar-refractivity contribution in [2.75, 3.05) is 0 Å². The molecule has 1 atom stereocenters. The fourth-order valence-electron chi connectivity index (χ4n) is 1.87. The van der Waals surface area contributed by atoms with E-state index in [1.54, 1.807) is 0 Å². The van der Waals surface area contributed by atoms with Crippen molar-refractivity contribution in [1.29, 1.82) is 0 Å². The van der Waals surface area contributed by atoms with E-state index in [0.29, 0.717) is 5.88 Å². The molecule has 0 saturated heterocycles. The number of fused-ring (bicyclic) bond motifs is 1. The molecule has 14 heavy (non-hydrogen) atoms. The lowest BCUT2D eigenvalue weighted by atomic mass is 9.91. The highest BCUT2D eigenvalue weighted by Gasteiger charge is 2.32. The lowest BCUT2D eigenvalue weighted by Crippen LogP contribution is -2.37. The molecule has 1 aromatic heterocycles. The van der Waals surface area contributed by atoms with Crippen molar-refractivity contribution < 1.29 is 4.74 Å². The summed E-state index contributed by atoms with van der Waals surface area (Å²) < 4.78 is 5.75. The highest BCUT2D eigenvalue weighted by atomic mass is 16.5. The number of hydrogen-bond donors (Lipinski definition) is 1. The third-order valence-electron chi connectivity index (χ3n) is 2.50. The van der Waals surface area contributed by atoms with Gasteiger partial charge in [-0.25, -0.2) is 4.98 Å². The van der Waals surface area contributed by atoms with Gasteiger partial charge in [-0.2, -0.15) is 0 Å². The molecular formula is C11H16N2O. The van der Waals surface area contributed by atoms with Crippen LogP contribution in [0.2, 0.25) is 0 Å². The summed E-state index contributed by atoms with van der Waals surface area (Å²) in [7, 11) is 0. The maximum Gasteiger partial charge on any atom is 0.218 e. The van der Waals surface area contributed by atoms with E-state index >= 15 is 0 Å². The summed E-state index contributed by atoms with van der Waals surface area (Å²) in [6.45, 7) is 6.09. The number of hydrogen-bond acceptors (Lipinski definition) is 3. The summed E-state index contributed by atoms with van der Waals surface area (Å²) in [5.41, 5.74) is 8.03. The molecule has 0 aromatic carbocycles. The van der Waals surface area contributed by atoms with Gasteiger partial charge < -0.3 is 10.5 Å². The molecule has 1 unspecified atom stereocenters. The largest absolute Gasteiger partial charge is 0.471 e. The van der Waals surface area contributed by atoms with Crippen LogP contribution in [0.3, 0.4) is 0 Å². The molecule has 2 heterocycles. The Morgan fingerprint density at radius 2 is 2.29 bits per heavy atom. The maximum absolute atomic E-state index is 6.07. The van der Waals surface area contributed by atoms with E-state index < -0.39 is 0 Å². The van der Waals surface area contributed by atoms with E-state index in [0.717, 1.165) is 17.5 Å². The maximum atomic E-state index is 6.07. The minimum atomic E-state index is -0.200. The Balaban J connectivity index is 2.45. The molecule has 2 rings (SSSR count). The average molecular weight is 192 g/mol. The van der Waals surface area contributed by atoms with Gasteiger partial charge in [0.05, 0.1) is 0 Å². The van der Waals surface area contributed by atoms with Crippen molar-refractivity contribution in [1.82, 2.24) is 4.98 Å². The van der Waals surface area contributed by atoms with Gasteiger partial charge in [-0.1, -0.05) is 0 Å². The van der Waals surface area contributed by atoms with E-state index in [1.807, 2.05) is 27.0 Å². The number of nitrogens with two attached hydrogens (primary N) is 1. The predicted octanol–water partition coefficient (Wildman–Crippen LogP) is 1.95. The molecule has 3 heteroatoms. The van der Waals surface area contributed by atoms with Crippen molar-refractivity contribution >= 4 is 0 Å². The first-order chi connectivity index (χ1) is 6.48. The number of rotatable bonds is 0. The predicted molar refractivity (Wildman–Crippen MR) is 55.2 cm³/mol. The Kier molecular flexibility index (Phi) is 2.00. The first kappa shape index (κ1) is 9.46. The molecule has 0 aliphatic carbocycles. The van der Waals surface area contributed by atoms with Crippen LogP contribution in [0.25, 0.3) is 0 Å². The van der Waals surface area contributed by atoms with E-state index in [-0.39, 0.29) is 11.6 Å². The van der Waals surface area contributed by atoms with Crippen LogP contribution >= 0.6 is 0 Å². The molecule has 3 nitrogen and oxygen atoms in total.